The summed E-state index contributed by atoms with van der Waals surface area (Å²) < 4.78 is 43.6. The predicted octanol–water partition coefficient (Wildman–Crippen LogP) is 10.5. The number of carbonyl (C=O) groups is 4. The van der Waals surface area contributed by atoms with Crippen molar-refractivity contribution in [3.8, 4) is 0 Å². The van der Waals surface area contributed by atoms with Gasteiger partial charge in [-0.05, 0) is 118 Å². The molecule has 0 saturated carbocycles. The van der Waals surface area contributed by atoms with Crippen molar-refractivity contribution in [3.63, 3.8) is 0 Å². The molecule has 2 fully saturated rings. The zero-order valence-corrected chi connectivity index (χ0v) is 68.0. The number of aliphatic carboxylic acids is 1. The van der Waals surface area contributed by atoms with Crippen LogP contribution in [0.3, 0.4) is 0 Å². The van der Waals surface area contributed by atoms with Gasteiger partial charge in [0, 0.05) is 72.3 Å². The molecule has 6 aromatic rings. The number of piperidine rings is 2. The minimum atomic E-state index is -1.00. The van der Waals surface area contributed by atoms with Crippen LogP contribution in [0.2, 0.25) is 50.2 Å². The number of benzene rings is 6. The fourth-order valence-corrected chi connectivity index (χ4v) is 14.0. The summed E-state index contributed by atoms with van der Waals surface area (Å²) in [4.78, 5) is 46.8. The number of likely N-dealkylation sites (tertiary alicyclic amines) is 2. The van der Waals surface area contributed by atoms with Crippen LogP contribution in [0.1, 0.15) is 99.0 Å². The number of halogens is 14. The van der Waals surface area contributed by atoms with E-state index in [-0.39, 0.29) is 86.5 Å². The summed E-state index contributed by atoms with van der Waals surface area (Å²) in [5.74, 6) is -1.39. The fraction of sp³-hybridized carbons (Fsp3) is 0.437. The maximum Gasteiger partial charge on any atom is 1.00 e. The number of hydrogen-bond acceptors (Lipinski definition) is 10. The Morgan fingerprint density at radius 3 is 1.20 bits per heavy atom. The van der Waals surface area contributed by atoms with Crippen molar-refractivity contribution in [2.24, 2.45) is 0 Å². The predicted molar refractivity (Wildman–Crippen MR) is 388 cm³/mol. The molecule has 2 aliphatic heterocycles. The molecule has 29 heteroatoms. The van der Waals surface area contributed by atoms with Gasteiger partial charge in [0.05, 0.1) is 98.4 Å². The van der Waals surface area contributed by atoms with Crippen molar-refractivity contribution in [3.05, 3.63) is 205 Å². The van der Waals surface area contributed by atoms with Gasteiger partial charge in [0.15, 0.2) is 6.07 Å². The second kappa shape index (κ2) is 48.5. The molecule has 8 rings (SSSR count). The number of carboxylic acids is 1. The van der Waals surface area contributed by atoms with Crippen molar-refractivity contribution in [2.45, 2.75) is 103 Å². The summed E-state index contributed by atoms with van der Waals surface area (Å²) in [7, 11) is 3.14. The minimum absolute atomic E-state index is 0. The van der Waals surface area contributed by atoms with E-state index in [1.54, 1.807) is 24.3 Å². The number of carboxylic acid groups (broad SMARTS) is 1. The van der Waals surface area contributed by atoms with E-state index in [0.717, 1.165) is 108 Å². The van der Waals surface area contributed by atoms with Gasteiger partial charge in [-0.1, -0.05) is 176 Å². The van der Waals surface area contributed by atoms with Crippen LogP contribution in [0.25, 0.3) is 0 Å². The van der Waals surface area contributed by atoms with E-state index in [4.69, 9.17) is 148 Å². The van der Waals surface area contributed by atoms with Crippen LogP contribution in [-0.2, 0) is 72.5 Å². The zero-order valence-electron chi connectivity index (χ0n) is 57.2. The van der Waals surface area contributed by atoms with Gasteiger partial charge in [0.2, 0.25) is 6.79 Å². The smallest absolute Gasteiger partial charge is 1.00 e. The molecular weight excluding hydrogens is 1570 g/mol. The first-order chi connectivity index (χ1) is 46.7. The number of carbonyl (C=O) groups excluding carboxylic acids is 4. The number of likely N-dealkylation sites (N-methyl/N-ethyl adjacent to an activating group) is 2. The van der Waals surface area contributed by atoms with Crippen molar-refractivity contribution in [1.29, 1.82) is 0 Å². The molecule has 0 aromatic heterocycles. The van der Waals surface area contributed by atoms with Crippen LogP contribution in [0.5, 0.6) is 0 Å². The molecule has 546 valence electrons. The van der Waals surface area contributed by atoms with E-state index >= 15 is 0 Å². The van der Waals surface area contributed by atoms with Crippen LogP contribution in [-0.4, -0.2) is 142 Å². The summed E-state index contributed by atoms with van der Waals surface area (Å²) in [6, 6.07) is 37.4. The maximum atomic E-state index is 12.5. The average molecular weight is 1660 g/mol. The monoisotopic (exact) mass is 1650 g/mol. The molecule has 0 spiro atoms. The van der Waals surface area contributed by atoms with Crippen LogP contribution in [0.15, 0.2) is 121 Å². The normalized spacial score (nSPS) is 14.7. The molecule has 0 N–H and O–H groups in total. The van der Waals surface area contributed by atoms with Gasteiger partial charge >= 0.3 is 47.8 Å². The fourth-order valence-electron chi connectivity index (χ4n) is 12.1. The van der Waals surface area contributed by atoms with E-state index < -0.39 is 38.2 Å². The molecule has 2 aliphatic rings. The Hall–Kier alpha value is -2.66. The summed E-state index contributed by atoms with van der Waals surface area (Å²) in [6.45, 7) is 11.1. The number of quaternary nitrogens is 4. The maximum absolute atomic E-state index is 12.5. The Labute approximate surface area is 679 Å². The third-order valence-corrected chi connectivity index (χ3v) is 20.2. The Morgan fingerprint density at radius 2 is 0.830 bits per heavy atom. The Kier molecular flexibility index (Phi) is 44.4. The minimum Gasteiger partial charge on any atom is -1.00 e. The number of nitrogens with zero attached hydrogens (tertiary/aromatic N) is 4. The van der Waals surface area contributed by atoms with Gasteiger partial charge < -0.3 is 76.3 Å². The SMILES string of the molecule is C[N+](CCOC(=O)OCCl)(Cc1ccc(Cl)cc1)Cc1ccc(Cl)c(Cl)c1.C[N+](CCOC(=O)OCOC(=O)CCC[N+]1(Cc2ccc(Cl)cc2Cl)CCCCC1)(Cc1ccc(Cl)cc1)Cc1ccc(Cl)c(Cl)c1.O=C([O-])CCC[N+]1(Cc2ccc(Cl)cc2Cl)CCCCC1.[2H]CF.[Cl-].[Cl-].[Na+]. The van der Waals surface area contributed by atoms with Gasteiger partial charge in [-0.2, -0.15) is 0 Å². The van der Waals surface area contributed by atoms with Crippen molar-refractivity contribution in [2.75, 3.05) is 99.7 Å². The van der Waals surface area contributed by atoms with Crippen LogP contribution < -0.4 is 59.5 Å². The topological polar surface area (TPSA) is 137 Å². The standard InChI is InChI=1S/C35H41Cl5N2O5.C19H20Cl4NO3.C16H21Cl2NO2.CH3F.2ClH.Na/c1-41(22-26-7-11-29(36)12-8-26,23-27-9-14-31(38)33(40)20-27)18-19-45-35(44)47-25-46-34(43)6-5-17-42(15-3-2-4-16-42)24-28-10-13-30(37)21-32(28)39;1-24(8-9-26-19(25)27-13-20,11-14-2-5-16(21)6-3-14)12-15-4-7-17(22)18(23)10-15;17-14-7-6-13(15(18)11-14)12-19(8-2-1-3-9-19)10-4-5-16(20)21;1-2;;;/h7-14,20-21H,2-6,15-19,22-25H2,1H3;2-7,10H,8-9,11-13H2,1H3;6-7,11H,1-5,8-10,12H2;1H3;2*1H;/q+2;+1;;;;;+1/p-2/i;;;1D;;;. The van der Waals surface area contributed by atoms with Crippen LogP contribution in [0.4, 0.5) is 14.0 Å². The first-order valence-electron chi connectivity index (χ1n) is 32.4. The molecule has 2 saturated heterocycles. The molecular formula is C71H85Cl13FN4NaO10+2. The molecule has 100 heavy (non-hydrogen) atoms. The summed E-state index contributed by atoms with van der Waals surface area (Å²) in [6.07, 6.45) is 7.12. The second-order valence-electron chi connectivity index (χ2n) is 24.8. The molecule has 0 amide bonds. The van der Waals surface area contributed by atoms with Crippen molar-refractivity contribution >= 4 is 152 Å². The second-order valence-corrected chi connectivity index (χ2v) is 29.2. The third-order valence-electron chi connectivity index (χ3n) is 16.9. The number of esters is 1. The molecule has 0 aliphatic carbocycles. The van der Waals surface area contributed by atoms with Crippen LogP contribution in [0, 0.1) is 0 Å². The summed E-state index contributed by atoms with van der Waals surface area (Å²) in [5.41, 5.74) is 6.37. The number of hydrogen-bond donors (Lipinski definition) is 0. The van der Waals surface area contributed by atoms with E-state index in [9.17, 15) is 28.7 Å². The molecule has 14 nitrogen and oxygen atoms in total. The van der Waals surface area contributed by atoms with Crippen molar-refractivity contribution in [1.82, 2.24) is 0 Å². The summed E-state index contributed by atoms with van der Waals surface area (Å²) >= 11 is 66.8. The summed E-state index contributed by atoms with van der Waals surface area (Å²) in [5, 5.41) is 16.6. The van der Waals surface area contributed by atoms with E-state index in [1.807, 2.05) is 97.1 Å². The van der Waals surface area contributed by atoms with Gasteiger partial charge in [-0.25, -0.2) is 9.59 Å². The molecule has 2 heterocycles. The molecule has 2 atom stereocenters. The van der Waals surface area contributed by atoms with Gasteiger partial charge in [-0.3, -0.25) is 9.18 Å². The molecule has 0 bridgehead atoms. The Bertz CT molecular complexity index is 3480. The molecule has 0 radical (unpaired) electrons. The van der Waals surface area contributed by atoms with E-state index in [0.29, 0.717) is 111 Å². The molecule has 2 unspecified atom stereocenters. The quantitative estimate of drug-likeness (QED) is 0.0111. The first-order valence-corrected chi connectivity index (χ1v) is 36.0. The van der Waals surface area contributed by atoms with Gasteiger partial charge in [0.1, 0.15) is 65.6 Å². The third kappa shape index (κ3) is 34.7. The van der Waals surface area contributed by atoms with Gasteiger partial charge in [0.25, 0.3) is 0 Å². The zero-order chi connectivity index (χ0) is 71.7. The number of ether oxygens (including phenoxy) is 5. The van der Waals surface area contributed by atoms with Crippen molar-refractivity contribution < 1.29 is 126 Å². The molecule has 6 aromatic carbocycles. The average Bonchev–Trinajstić information content (AvgIpc) is 0.835. The Morgan fingerprint density at radius 1 is 0.470 bits per heavy atom. The Balaban J connectivity index is 0.000000544. The van der Waals surface area contributed by atoms with Gasteiger partial charge in [-0.15, -0.1) is 0 Å². The van der Waals surface area contributed by atoms with E-state index in [1.165, 1.54) is 25.7 Å². The van der Waals surface area contributed by atoms with Crippen LogP contribution >= 0.6 is 128 Å². The first kappa shape index (κ1) is 91.5. The number of alkyl halides is 2. The van der Waals surface area contributed by atoms with E-state index in [2.05, 4.69) is 18.8 Å². The number of rotatable bonds is 29. The largest absolute Gasteiger partial charge is 1.00 e.